The van der Waals surface area contributed by atoms with Crippen LogP contribution in [0, 0.1) is 0 Å². The Labute approximate surface area is 154 Å². The van der Waals surface area contributed by atoms with E-state index in [1.54, 1.807) is 6.92 Å². The molecule has 2 aromatic rings. The summed E-state index contributed by atoms with van der Waals surface area (Å²) in [4.78, 5) is 11.9. The first-order valence-electron chi connectivity index (χ1n) is 7.80. The van der Waals surface area contributed by atoms with Crippen LogP contribution in [0.25, 0.3) is 0 Å². The first-order chi connectivity index (χ1) is 12.5. The van der Waals surface area contributed by atoms with Crippen molar-refractivity contribution in [3.8, 4) is 0 Å². The van der Waals surface area contributed by atoms with E-state index in [0.717, 1.165) is 12.1 Å². The van der Waals surface area contributed by atoms with Crippen LogP contribution in [0.1, 0.15) is 24.1 Å². The second kappa shape index (κ2) is 8.07. The number of nitrogens with two attached hydrogens (primary N) is 1. The number of anilines is 1. The van der Waals surface area contributed by atoms with Gasteiger partial charge in [-0.1, -0.05) is 18.2 Å². The predicted octanol–water partition coefficient (Wildman–Crippen LogP) is 2.64. The molecule has 0 aliphatic heterocycles. The van der Waals surface area contributed by atoms with Crippen LogP contribution in [-0.4, -0.2) is 20.9 Å². The first-order valence-corrected chi connectivity index (χ1v) is 9.35. The molecular weight excluding hydrogens is 383 g/mol. The van der Waals surface area contributed by atoms with Crippen LogP contribution in [0.3, 0.4) is 0 Å². The molecule has 0 radical (unpaired) electrons. The number of primary sulfonamides is 1. The van der Waals surface area contributed by atoms with E-state index in [1.165, 1.54) is 36.4 Å². The summed E-state index contributed by atoms with van der Waals surface area (Å²) >= 11 is 0. The zero-order valence-electron chi connectivity index (χ0n) is 14.2. The van der Waals surface area contributed by atoms with Gasteiger partial charge in [-0.05, 0) is 42.8 Å². The molecule has 27 heavy (non-hydrogen) atoms. The van der Waals surface area contributed by atoms with Crippen molar-refractivity contribution in [2.75, 3.05) is 11.9 Å². The third-order valence-electron chi connectivity index (χ3n) is 3.73. The van der Waals surface area contributed by atoms with Gasteiger partial charge in [-0.15, -0.1) is 0 Å². The molecular formula is C17H18F3N3O3S. The smallest absolute Gasteiger partial charge is 0.325 e. The fourth-order valence-corrected chi connectivity index (χ4v) is 2.86. The number of halogens is 3. The van der Waals surface area contributed by atoms with E-state index in [9.17, 15) is 26.4 Å². The number of hydrogen-bond donors (Lipinski definition) is 3. The molecule has 2 aromatic carbocycles. The van der Waals surface area contributed by atoms with Gasteiger partial charge in [-0.3, -0.25) is 4.79 Å². The maximum absolute atomic E-state index is 12.8. The molecule has 0 bridgehead atoms. The minimum absolute atomic E-state index is 0.148. The van der Waals surface area contributed by atoms with Crippen molar-refractivity contribution in [2.45, 2.75) is 24.0 Å². The summed E-state index contributed by atoms with van der Waals surface area (Å²) in [5.41, 5.74) is -0.146. The average molecular weight is 401 g/mol. The molecule has 10 heteroatoms. The van der Waals surface area contributed by atoms with Crippen molar-refractivity contribution in [1.29, 1.82) is 0 Å². The van der Waals surface area contributed by atoms with Gasteiger partial charge in [0, 0.05) is 11.7 Å². The van der Waals surface area contributed by atoms with Crippen LogP contribution in [-0.2, 0) is 21.0 Å². The quantitative estimate of drug-likeness (QED) is 0.693. The van der Waals surface area contributed by atoms with Crippen LogP contribution >= 0.6 is 0 Å². The van der Waals surface area contributed by atoms with E-state index in [4.69, 9.17) is 5.14 Å². The average Bonchev–Trinajstić information content (AvgIpc) is 2.58. The molecule has 0 fully saturated rings. The van der Waals surface area contributed by atoms with Crippen molar-refractivity contribution in [1.82, 2.24) is 5.32 Å². The van der Waals surface area contributed by atoms with Gasteiger partial charge in [0.2, 0.25) is 15.9 Å². The molecule has 1 atom stereocenters. The van der Waals surface area contributed by atoms with Crippen LogP contribution in [0.5, 0.6) is 0 Å². The van der Waals surface area contributed by atoms with E-state index < -0.39 is 33.7 Å². The molecule has 0 aromatic heterocycles. The lowest BCUT2D eigenvalue weighted by molar-refractivity contribution is -0.137. The highest BCUT2D eigenvalue weighted by molar-refractivity contribution is 7.89. The number of hydrogen-bond acceptors (Lipinski definition) is 4. The fourth-order valence-electron chi connectivity index (χ4n) is 2.30. The van der Waals surface area contributed by atoms with Crippen molar-refractivity contribution in [3.05, 3.63) is 59.7 Å². The zero-order chi connectivity index (χ0) is 20.2. The highest BCUT2D eigenvalue weighted by atomic mass is 32.2. The first kappa shape index (κ1) is 20.9. The second-order valence-corrected chi connectivity index (χ2v) is 7.41. The number of rotatable bonds is 6. The lowest BCUT2D eigenvalue weighted by Crippen LogP contribution is -2.30. The van der Waals surface area contributed by atoms with Gasteiger partial charge in [-0.25, -0.2) is 13.6 Å². The third kappa shape index (κ3) is 6.05. The Morgan fingerprint density at radius 2 is 1.81 bits per heavy atom. The van der Waals surface area contributed by atoms with E-state index in [-0.39, 0.29) is 17.1 Å². The molecule has 0 unspecified atom stereocenters. The van der Waals surface area contributed by atoms with Crippen molar-refractivity contribution in [2.24, 2.45) is 5.14 Å². The molecule has 1 amide bonds. The fraction of sp³-hybridized carbons (Fsp3) is 0.235. The molecule has 146 valence electrons. The highest BCUT2D eigenvalue weighted by Crippen LogP contribution is 2.30. The van der Waals surface area contributed by atoms with Crippen molar-refractivity contribution in [3.63, 3.8) is 0 Å². The Hall–Kier alpha value is -2.43. The topological polar surface area (TPSA) is 101 Å². The molecule has 0 aliphatic carbocycles. The Kier molecular flexibility index (Phi) is 6.24. The normalized spacial score (nSPS) is 13.2. The van der Waals surface area contributed by atoms with Crippen molar-refractivity contribution < 1.29 is 26.4 Å². The minimum atomic E-state index is -4.44. The summed E-state index contributed by atoms with van der Waals surface area (Å²) in [6, 6.07) is 9.73. The second-order valence-electron chi connectivity index (χ2n) is 5.85. The van der Waals surface area contributed by atoms with Gasteiger partial charge in [0.05, 0.1) is 17.0 Å². The zero-order valence-corrected chi connectivity index (χ0v) is 15.1. The predicted molar refractivity (Wildman–Crippen MR) is 94.3 cm³/mol. The van der Waals surface area contributed by atoms with E-state index in [2.05, 4.69) is 10.6 Å². The Morgan fingerprint density at radius 3 is 2.44 bits per heavy atom. The lowest BCUT2D eigenvalue weighted by Gasteiger charge is -2.16. The number of carbonyl (C=O) groups excluding carboxylic acids is 1. The summed E-state index contributed by atoms with van der Waals surface area (Å²) in [6.07, 6.45) is -4.44. The van der Waals surface area contributed by atoms with Gasteiger partial charge in [0.15, 0.2) is 0 Å². The third-order valence-corrected chi connectivity index (χ3v) is 4.64. The van der Waals surface area contributed by atoms with Gasteiger partial charge < -0.3 is 10.6 Å². The standard InChI is InChI=1S/C17H18F3N3O3S/c1-11(12-4-2-5-13(8-12)17(18,19)20)22-10-16(24)23-14-6-3-7-15(9-14)27(21,25)26/h2-9,11,22H,10H2,1H3,(H,23,24)(H2,21,25,26)/t11-/m0/s1. The summed E-state index contributed by atoms with van der Waals surface area (Å²) in [6.45, 7) is 1.45. The minimum Gasteiger partial charge on any atom is -0.325 e. The molecule has 0 saturated heterocycles. The summed E-state index contributed by atoms with van der Waals surface area (Å²) < 4.78 is 60.9. The summed E-state index contributed by atoms with van der Waals surface area (Å²) in [5.74, 6) is -0.486. The maximum Gasteiger partial charge on any atom is 0.416 e. The van der Waals surface area contributed by atoms with Crippen LogP contribution in [0.15, 0.2) is 53.4 Å². The van der Waals surface area contributed by atoms with Crippen LogP contribution in [0.4, 0.5) is 18.9 Å². The SMILES string of the molecule is C[C@H](NCC(=O)Nc1cccc(S(N)(=O)=O)c1)c1cccc(C(F)(F)F)c1. The number of alkyl halides is 3. The monoisotopic (exact) mass is 401 g/mol. The lowest BCUT2D eigenvalue weighted by atomic mass is 10.0. The number of carbonyl (C=O) groups is 1. The summed E-state index contributed by atoms with van der Waals surface area (Å²) in [7, 11) is -3.90. The van der Waals surface area contributed by atoms with E-state index >= 15 is 0 Å². The van der Waals surface area contributed by atoms with Gasteiger partial charge in [0.25, 0.3) is 0 Å². The largest absolute Gasteiger partial charge is 0.416 e. The molecule has 0 heterocycles. The number of amides is 1. The Balaban J connectivity index is 1.98. The molecule has 0 aliphatic rings. The number of sulfonamides is 1. The molecule has 2 rings (SSSR count). The highest BCUT2D eigenvalue weighted by Gasteiger charge is 2.30. The van der Waals surface area contributed by atoms with E-state index in [1.807, 2.05) is 0 Å². The van der Waals surface area contributed by atoms with Crippen molar-refractivity contribution >= 4 is 21.6 Å². The molecule has 0 saturated carbocycles. The number of benzene rings is 2. The van der Waals surface area contributed by atoms with Gasteiger partial charge in [0.1, 0.15) is 0 Å². The van der Waals surface area contributed by atoms with Crippen LogP contribution in [0.2, 0.25) is 0 Å². The Bertz CT molecular complexity index is 930. The molecule has 0 spiro atoms. The number of nitrogens with one attached hydrogen (secondary N) is 2. The Morgan fingerprint density at radius 1 is 1.15 bits per heavy atom. The maximum atomic E-state index is 12.8. The van der Waals surface area contributed by atoms with Crippen LogP contribution < -0.4 is 15.8 Å². The summed E-state index contributed by atoms with van der Waals surface area (Å²) in [5, 5.41) is 10.3. The van der Waals surface area contributed by atoms with E-state index in [0.29, 0.717) is 5.56 Å². The van der Waals surface area contributed by atoms with Gasteiger partial charge in [-0.2, -0.15) is 13.2 Å². The molecule has 6 nitrogen and oxygen atoms in total. The van der Waals surface area contributed by atoms with Gasteiger partial charge >= 0.3 is 6.18 Å². The molecule has 4 N–H and O–H groups in total.